The summed E-state index contributed by atoms with van der Waals surface area (Å²) in [4.78, 5) is 13.0. The summed E-state index contributed by atoms with van der Waals surface area (Å²) in [5.74, 6) is 1.65. The van der Waals surface area contributed by atoms with Gasteiger partial charge in [-0.2, -0.15) is 5.10 Å². The summed E-state index contributed by atoms with van der Waals surface area (Å²) in [6, 6.07) is 8.03. The first-order valence-electron chi connectivity index (χ1n) is 10.0. The number of H-pyrrole nitrogens is 1. The topological polar surface area (TPSA) is 90.4 Å². The van der Waals surface area contributed by atoms with Gasteiger partial charge in [0.05, 0.1) is 23.4 Å². The Morgan fingerprint density at radius 3 is 2.76 bits per heavy atom. The van der Waals surface area contributed by atoms with E-state index < -0.39 is 6.10 Å². The van der Waals surface area contributed by atoms with Crippen LogP contribution in [0.2, 0.25) is 0 Å². The lowest BCUT2D eigenvalue weighted by Gasteiger charge is -2.21. The fourth-order valence-corrected chi connectivity index (χ4v) is 3.93. The number of aromatic amines is 1. The van der Waals surface area contributed by atoms with Crippen molar-refractivity contribution < 1.29 is 9.84 Å². The maximum absolute atomic E-state index is 10.4. The highest BCUT2D eigenvalue weighted by molar-refractivity contribution is 5.93. The highest BCUT2D eigenvalue weighted by Crippen LogP contribution is 2.40. The van der Waals surface area contributed by atoms with Gasteiger partial charge in [0.25, 0.3) is 0 Å². The average Bonchev–Trinajstić information content (AvgIpc) is 3.11. The number of likely N-dealkylation sites (N-methyl/N-ethyl adjacent to an activating group) is 1. The molecular formula is C21H26N6O2. The van der Waals surface area contributed by atoms with Gasteiger partial charge in [0.15, 0.2) is 0 Å². The zero-order valence-corrected chi connectivity index (χ0v) is 17.0. The number of β-amino-alcohol motifs (C(OH)–C–C–N with tert-alkyl or cyclic N) is 1. The van der Waals surface area contributed by atoms with Crippen molar-refractivity contribution in [2.75, 3.05) is 32.1 Å². The van der Waals surface area contributed by atoms with Crippen molar-refractivity contribution >= 4 is 16.7 Å². The second kappa shape index (κ2) is 6.67. The number of anilines is 1. The molecule has 3 heterocycles. The van der Waals surface area contributed by atoms with Crippen molar-refractivity contribution in [3.05, 3.63) is 30.6 Å². The van der Waals surface area contributed by atoms with Gasteiger partial charge in [-0.25, -0.2) is 9.97 Å². The van der Waals surface area contributed by atoms with Gasteiger partial charge in [-0.3, -0.25) is 5.10 Å². The van der Waals surface area contributed by atoms with Gasteiger partial charge < -0.3 is 19.6 Å². The Balaban J connectivity index is 1.46. The van der Waals surface area contributed by atoms with Gasteiger partial charge in [-0.05, 0) is 52.1 Å². The van der Waals surface area contributed by atoms with Crippen LogP contribution in [0.1, 0.15) is 19.8 Å². The van der Waals surface area contributed by atoms with Crippen LogP contribution in [0, 0.1) is 0 Å². The third-order valence-electron chi connectivity index (χ3n) is 5.99. The molecule has 0 amide bonds. The number of nitrogens with zero attached hydrogens (tertiary/aromatic N) is 5. The Bertz CT molecular complexity index is 1040. The minimum atomic E-state index is -0.405. The summed E-state index contributed by atoms with van der Waals surface area (Å²) in [6.45, 7) is 3.41. The molecule has 1 aliphatic heterocycles. The van der Waals surface area contributed by atoms with Crippen LogP contribution in [0.5, 0.6) is 5.75 Å². The lowest BCUT2D eigenvalue weighted by atomic mass is 10.1. The number of benzene rings is 1. The lowest BCUT2D eigenvalue weighted by molar-refractivity contribution is 0.114. The third kappa shape index (κ3) is 3.42. The molecule has 0 unspecified atom stereocenters. The maximum atomic E-state index is 10.4. The molecule has 2 N–H and O–H groups in total. The van der Waals surface area contributed by atoms with Crippen molar-refractivity contribution in [2.24, 2.45) is 0 Å². The van der Waals surface area contributed by atoms with Crippen LogP contribution in [-0.2, 0) is 0 Å². The Hall–Kier alpha value is -2.71. The normalized spacial score (nSPS) is 23.1. The molecule has 2 fully saturated rings. The number of hydrogen-bond donors (Lipinski definition) is 2. The molecule has 0 radical (unpaired) electrons. The van der Waals surface area contributed by atoms with Crippen LogP contribution in [0.3, 0.4) is 0 Å². The van der Waals surface area contributed by atoms with Gasteiger partial charge >= 0.3 is 0 Å². The predicted octanol–water partition coefficient (Wildman–Crippen LogP) is 2.06. The summed E-state index contributed by atoms with van der Waals surface area (Å²) in [5.41, 5.74) is 2.44. The summed E-state index contributed by atoms with van der Waals surface area (Å²) in [7, 11) is 3.97. The van der Waals surface area contributed by atoms with Crippen LogP contribution in [0.25, 0.3) is 22.3 Å². The Morgan fingerprint density at radius 1 is 1.21 bits per heavy atom. The van der Waals surface area contributed by atoms with Crippen molar-refractivity contribution in [2.45, 2.75) is 37.5 Å². The molecule has 8 heteroatoms. The van der Waals surface area contributed by atoms with Crippen molar-refractivity contribution in [3.8, 4) is 17.1 Å². The van der Waals surface area contributed by atoms with E-state index in [1.165, 1.54) is 0 Å². The molecule has 3 aromatic rings. The van der Waals surface area contributed by atoms with Gasteiger partial charge in [-0.15, -0.1) is 0 Å². The monoisotopic (exact) mass is 394 g/mol. The van der Waals surface area contributed by atoms with Gasteiger partial charge in [0.1, 0.15) is 29.2 Å². The van der Waals surface area contributed by atoms with E-state index in [0.717, 1.165) is 53.2 Å². The Labute approximate surface area is 169 Å². The number of rotatable bonds is 5. The number of nitrogens with one attached hydrogen (secondary N) is 1. The molecule has 152 valence electrons. The maximum Gasteiger partial charge on any atom is 0.132 e. The first-order valence-corrected chi connectivity index (χ1v) is 10.0. The fraction of sp³-hybridized carbons (Fsp3) is 0.476. The number of aliphatic hydroxyl groups excluding tert-OH is 1. The molecule has 1 aliphatic carbocycles. The van der Waals surface area contributed by atoms with E-state index in [1.807, 2.05) is 38.4 Å². The number of aliphatic hydroxyl groups is 1. The van der Waals surface area contributed by atoms with Crippen LogP contribution in [0.4, 0.5) is 5.82 Å². The first kappa shape index (κ1) is 18.3. The minimum Gasteiger partial charge on any atom is -0.488 e. The highest BCUT2D eigenvalue weighted by atomic mass is 16.5. The van der Waals surface area contributed by atoms with Crippen molar-refractivity contribution in [1.82, 2.24) is 25.1 Å². The van der Waals surface area contributed by atoms with Crippen LogP contribution in [-0.4, -0.2) is 75.1 Å². The van der Waals surface area contributed by atoms with E-state index in [2.05, 4.69) is 36.9 Å². The molecule has 0 bridgehead atoms. The van der Waals surface area contributed by atoms with Crippen molar-refractivity contribution in [1.29, 1.82) is 0 Å². The first-order chi connectivity index (χ1) is 13.9. The molecule has 1 saturated heterocycles. The van der Waals surface area contributed by atoms with Crippen LogP contribution >= 0.6 is 0 Å². The standard InChI is InChI=1S/C21H26N6O2/c1-21(6-7-21)29-13-4-5-15-14(8-13)20(25-24-15)16-9-19(23-12-22-16)27-10-17(26(2)3)18(28)11-27/h4-5,8-9,12,17-18,28H,6-7,10-11H2,1-3H3,(H,24,25)/t17-,18-/m0/s1. The predicted molar refractivity (Wildman–Crippen MR) is 111 cm³/mol. The quantitative estimate of drug-likeness (QED) is 0.684. The zero-order valence-electron chi connectivity index (χ0n) is 17.0. The Kier molecular flexibility index (Phi) is 4.22. The largest absolute Gasteiger partial charge is 0.488 e. The minimum absolute atomic E-state index is 0.0285. The van der Waals surface area contributed by atoms with E-state index in [1.54, 1.807) is 6.33 Å². The molecule has 0 spiro atoms. The van der Waals surface area contributed by atoms with E-state index in [9.17, 15) is 5.11 Å². The lowest BCUT2D eigenvalue weighted by Crippen LogP contribution is -2.38. The van der Waals surface area contributed by atoms with Gasteiger partial charge in [-0.1, -0.05) is 0 Å². The Morgan fingerprint density at radius 2 is 2.03 bits per heavy atom. The smallest absolute Gasteiger partial charge is 0.132 e. The molecule has 29 heavy (non-hydrogen) atoms. The van der Waals surface area contributed by atoms with E-state index >= 15 is 0 Å². The van der Waals surface area contributed by atoms with E-state index in [-0.39, 0.29) is 11.6 Å². The van der Waals surface area contributed by atoms with Gasteiger partial charge in [0, 0.05) is 24.5 Å². The summed E-state index contributed by atoms with van der Waals surface area (Å²) < 4.78 is 6.12. The van der Waals surface area contributed by atoms with Crippen LogP contribution in [0.15, 0.2) is 30.6 Å². The molecule has 2 aromatic heterocycles. The second-order valence-electron chi connectivity index (χ2n) is 8.60. The number of fused-ring (bicyclic) bond motifs is 1. The van der Waals surface area contributed by atoms with E-state index in [0.29, 0.717) is 6.54 Å². The molecule has 2 aliphatic rings. The van der Waals surface area contributed by atoms with Gasteiger partial charge in [0.2, 0.25) is 0 Å². The highest BCUT2D eigenvalue weighted by Gasteiger charge is 2.40. The third-order valence-corrected chi connectivity index (χ3v) is 5.99. The van der Waals surface area contributed by atoms with Crippen molar-refractivity contribution in [3.63, 3.8) is 0 Å². The average molecular weight is 394 g/mol. The number of hydrogen-bond acceptors (Lipinski definition) is 7. The van der Waals surface area contributed by atoms with Crippen LogP contribution < -0.4 is 9.64 Å². The fourth-order valence-electron chi connectivity index (χ4n) is 3.93. The number of aromatic nitrogens is 4. The summed E-state index contributed by atoms with van der Waals surface area (Å²) in [5, 5.41) is 18.9. The molecule has 5 rings (SSSR count). The molecule has 1 saturated carbocycles. The molecule has 1 aromatic carbocycles. The summed E-state index contributed by atoms with van der Waals surface area (Å²) >= 11 is 0. The second-order valence-corrected chi connectivity index (χ2v) is 8.60. The zero-order chi connectivity index (χ0) is 20.2. The number of ether oxygens (including phenoxy) is 1. The summed E-state index contributed by atoms with van der Waals surface area (Å²) in [6.07, 6.45) is 3.34. The molecular weight excluding hydrogens is 368 g/mol. The molecule has 8 nitrogen and oxygen atoms in total. The SMILES string of the molecule is CN(C)[C@H]1CN(c2cc(-c3n[nH]c4ccc(OC5(C)CC5)cc34)ncn2)C[C@@H]1O. The van der Waals surface area contributed by atoms with E-state index in [4.69, 9.17) is 4.74 Å². The molecule has 2 atom stereocenters.